The van der Waals surface area contributed by atoms with E-state index in [9.17, 15) is 9.59 Å². The van der Waals surface area contributed by atoms with E-state index in [-0.39, 0.29) is 12.3 Å². The SMILES string of the molecule is Cc1ccc(SCCC(=O)N[C@@H](CO)C(=O)O)cc1. The molecule has 0 fully saturated rings. The van der Waals surface area contributed by atoms with Crippen LogP contribution in [0.25, 0.3) is 0 Å². The van der Waals surface area contributed by atoms with Crippen LogP contribution in [0.5, 0.6) is 0 Å². The van der Waals surface area contributed by atoms with Gasteiger partial charge in [-0.1, -0.05) is 17.7 Å². The molecule has 3 N–H and O–H groups in total. The number of aliphatic hydroxyl groups is 1. The topological polar surface area (TPSA) is 86.6 Å². The second kappa shape index (κ2) is 7.81. The fourth-order valence-corrected chi connectivity index (χ4v) is 2.20. The van der Waals surface area contributed by atoms with Crippen molar-refractivity contribution in [1.82, 2.24) is 5.32 Å². The summed E-state index contributed by atoms with van der Waals surface area (Å²) >= 11 is 1.53. The molecule has 1 aromatic carbocycles. The van der Waals surface area contributed by atoms with Crippen molar-refractivity contribution in [2.75, 3.05) is 12.4 Å². The van der Waals surface area contributed by atoms with Crippen LogP contribution in [0.2, 0.25) is 0 Å². The van der Waals surface area contributed by atoms with Gasteiger partial charge in [-0.25, -0.2) is 4.79 Å². The molecular weight excluding hydrogens is 266 g/mol. The number of aliphatic hydroxyl groups excluding tert-OH is 1. The molecule has 19 heavy (non-hydrogen) atoms. The average molecular weight is 283 g/mol. The summed E-state index contributed by atoms with van der Waals surface area (Å²) in [6.45, 7) is 1.40. The van der Waals surface area contributed by atoms with Gasteiger partial charge in [-0.3, -0.25) is 4.79 Å². The number of carboxylic acid groups (broad SMARTS) is 1. The Morgan fingerprint density at radius 3 is 2.47 bits per heavy atom. The summed E-state index contributed by atoms with van der Waals surface area (Å²) in [7, 11) is 0. The van der Waals surface area contributed by atoms with E-state index in [4.69, 9.17) is 10.2 Å². The van der Waals surface area contributed by atoms with Gasteiger partial charge in [0.05, 0.1) is 6.61 Å². The minimum absolute atomic E-state index is 0.211. The highest BCUT2D eigenvalue weighted by Gasteiger charge is 2.18. The van der Waals surface area contributed by atoms with Crippen LogP contribution in [-0.2, 0) is 9.59 Å². The molecule has 0 aliphatic heterocycles. The second-order valence-corrected chi connectivity index (χ2v) is 5.22. The van der Waals surface area contributed by atoms with E-state index < -0.39 is 18.6 Å². The Bertz CT molecular complexity index is 433. The lowest BCUT2D eigenvalue weighted by atomic mass is 10.2. The van der Waals surface area contributed by atoms with Crippen molar-refractivity contribution in [2.24, 2.45) is 0 Å². The van der Waals surface area contributed by atoms with Gasteiger partial charge in [0, 0.05) is 17.1 Å². The molecule has 1 amide bonds. The van der Waals surface area contributed by atoms with Gasteiger partial charge in [0.25, 0.3) is 0 Å². The Balaban J connectivity index is 2.30. The Morgan fingerprint density at radius 2 is 1.95 bits per heavy atom. The predicted octanol–water partition coefficient (Wildman–Crippen LogP) is 1.04. The van der Waals surface area contributed by atoms with E-state index in [0.29, 0.717) is 5.75 Å². The number of amides is 1. The van der Waals surface area contributed by atoms with Gasteiger partial charge in [-0.15, -0.1) is 11.8 Å². The minimum Gasteiger partial charge on any atom is -0.480 e. The van der Waals surface area contributed by atoms with Crippen LogP contribution in [0.1, 0.15) is 12.0 Å². The fraction of sp³-hybridized carbons (Fsp3) is 0.385. The first-order valence-corrected chi connectivity index (χ1v) is 6.84. The number of aliphatic carboxylic acids is 1. The van der Waals surface area contributed by atoms with Gasteiger partial charge in [-0.2, -0.15) is 0 Å². The number of aryl methyl sites for hydroxylation is 1. The largest absolute Gasteiger partial charge is 0.480 e. The van der Waals surface area contributed by atoms with Crippen molar-refractivity contribution in [2.45, 2.75) is 24.3 Å². The number of rotatable bonds is 7. The summed E-state index contributed by atoms with van der Waals surface area (Å²) in [6, 6.07) is 6.72. The zero-order chi connectivity index (χ0) is 14.3. The van der Waals surface area contributed by atoms with Gasteiger partial charge >= 0.3 is 5.97 Å². The molecule has 1 atom stereocenters. The zero-order valence-corrected chi connectivity index (χ0v) is 11.4. The number of thioether (sulfide) groups is 1. The molecule has 6 heteroatoms. The summed E-state index contributed by atoms with van der Waals surface area (Å²) in [5, 5.41) is 19.7. The van der Waals surface area contributed by atoms with Crippen LogP contribution in [0.3, 0.4) is 0 Å². The average Bonchev–Trinajstić information content (AvgIpc) is 2.38. The first kappa shape index (κ1) is 15.5. The van der Waals surface area contributed by atoms with E-state index in [1.54, 1.807) is 0 Å². The highest BCUT2D eigenvalue weighted by atomic mass is 32.2. The van der Waals surface area contributed by atoms with Crippen LogP contribution >= 0.6 is 11.8 Å². The van der Waals surface area contributed by atoms with Crippen molar-refractivity contribution >= 4 is 23.6 Å². The lowest BCUT2D eigenvalue weighted by molar-refractivity contribution is -0.142. The summed E-state index contributed by atoms with van der Waals surface area (Å²) in [5.41, 5.74) is 1.18. The molecule has 0 aliphatic rings. The maximum absolute atomic E-state index is 11.5. The first-order valence-electron chi connectivity index (χ1n) is 5.85. The summed E-state index contributed by atoms with van der Waals surface area (Å²) in [4.78, 5) is 23.1. The van der Waals surface area contributed by atoms with E-state index in [1.165, 1.54) is 17.3 Å². The Hall–Kier alpha value is -1.53. The zero-order valence-electron chi connectivity index (χ0n) is 10.6. The van der Waals surface area contributed by atoms with Crippen molar-refractivity contribution in [3.63, 3.8) is 0 Å². The molecule has 0 aliphatic carbocycles. The highest BCUT2D eigenvalue weighted by molar-refractivity contribution is 7.99. The number of carbonyl (C=O) groups is 2. The maximum Gasteiger partial charge on any atom is 0.328 e. The number of carboxylic acids is 1. The molecule has 0 saturated carbocycles. The number of carbonyl (C=O) groups excluding carboxylic acids is 1. The third-order valence-corrected chi connectivity index (χ3v) is 3.45. The third kappa shape index (κ3) is 5.76. The molecule has 1 rings (SSSR count). The first-order chi connectivity index (χ1) is 9.02. The summed E-state index contributed by atoms with van der Waals surface area (Å²) in [6.07, 6.45) is 0.211. The maximum atomic E-state index is 11.5. The lowest BCUT2D eigenvalue weighted by Gasteiger charge is -2.11. The van der Waals surface area contributed by atoms with E-state index in [1.807, 2.05) is 31.2 Å². The summed E-state index contributed by atoms with van der Waals surface area (Å²) < 4.78 is 0. The molecule has 0 saturated heterocycles. The molecule has 104 valence electrons. The third-order valence-electron chi connectivity index (χ3n) is 2.43. The van der Waals surface area contributed by atoms with E-state index in [2.05, 4.69) is 5.32 Å². The van der Waals surface area contributed by atoms with Gasteiger partial charge in [0.1, 0.15) is 6.04 Å². The van der Waals surface area contributed by atoms with E-state index in [0.717, 1.165) is 4.90 Å². The molecule has 1 aromatic rings. The minimum atomic E-state index is -1.23. The van der Waals surface area contributed by atoms with Gasteiger partial charge in [-0.05, 0) is 19.1 Å². The Kier molecular flexibility index (Phi) is 6.38. The molecule has 0 bridgehead atoms. The number of hydrogen-bond donors (Lipinski definition) is 3. The molecule has 0 aromatic heterocycles. The van der Waals surface area contributed by atoms with Crippen LogP contribution in [0.15, 0.2) is 29.2 Å². The van der Waals surface area contributed by atoms with Crippen molar-refractivity contribution < 1.29 is 19.8 Å². The molecule has 0 unspecified atom stereocenters. The molecule has 5 nitrogen and oxygen atoms in total. The predicted molar refractivity (Wildman–Crippen MR) is 73.2 cm³/mol. The monoisotopic (exact) mass is 283 g/mol. The number of benzene rings is 1. The lowest BCUT2D eigenvalue weighted by Crippen LogP contribution is -2.43. The van der Waals surface area contributed by atoms with Crippen LogP contribution in [0.4, 0.5) is 0 Å². The molecule has 0 heterocycles. The normalized spacial score (nSPS) is 11.9. The van der Waals surface area contributed by atoms with Crippen LogP contribution < -0.4 is 5.32 Å². The number of hydrogen-bond acceptors (Lipinski definition) is 4. The van der Waals surface area contributed by atoms with Crippen LogP contribution in [-0.4, -0.2) is 40.5 Å². The molecule has 0 spiro atoms. The van der Waals surface area contributed by atoms with Crippen molar-refractivity contribution in [3.05, 3.63) is 29.8 Å². The second-order valence-electron chi connectivity index (χ2n) is 4.05. The molecular formula is C13H17NO4S. The van der Waals surface area contributed by atoms with Crippen molar-refractivity contribution in [3.8, 4) is 0 Å². The smallest absolute Gasteiger partial charge is 0.328 e. The quantitative estimate of drug-likeness (QED) is 0.651. The van der Waals surface area contributed by atoms with Gasteiger partial charge < -0.3 is 15.5 Å². The Morgan fingerprint density at radius 1 is 1.32 bits per heavy atom. The van der Waals surface area contributed by atoms with E-state index >= 15 is 0 Å². The van der Waals surface area contributed by atoms with Gasteiger partial charge in [0.2, 0.25) is 5.91 Å². The molecule has 0 radical (unpaired) electrons. The van der Waals surface area contributed by atoms with Crippen LogP contribution in [0, 0.1) is 6.92 Å². The Labute approximate surface area is 116 Å². The number of nitrogens with one attached hydrogen (secondary N) is 1. The standard InChI is InChI=1S/C13H17NO4S/c1-9-2-4-10(5-3-9)19-7-6-12(16)14-11(8-15)13(17)18/h2-5,11,15H,6-8H2,1H3,(H,14,16)(H,17,18)/t11-/m0/s1. The fourth-order valence-electron chi connectivity index (χ4n) is 1.35. The highest BCUT2D eigenvalue weighted by Crippen LogP contribution is 2.18. The van der Waals surface area contributed by atoms with Crippen molar-refractivity contribution in [1.29, 1.82) is 0 Å². The summed E-state index contributed by atoms with van der Waals surface area (Å²) in [5.74, 6) is -1.05. The van der Waals surface area contributed by atoms with Gasteiger partial charge in [0.15, 0.2) is 0 Å².